The van der Waals surface area contributed by atoms with Crippen molar-refractivity contribution in [3.8, 4) is 11.5 Å². The molecule has 5 rings (SSSR count). The van der Waals surface area contributed by atoms with E-state index in [1.165, 1.54) is 0 Å². The summed E-state index contributed by atoms with van der Waals surface area (Å²) in [4.78, 5) is 0. The van der Waals surface area contributed by atoms with Gasteiger partial charge in [-0.1, -0.05) is 13.8 Å². The Hall–Kier alpha value is -3.62. The van der Waals surface area contributed by atoms with Crippen molar-refractivity contribution in [3.63, 3.8) is 0 Å². The van der Waals surface area contributed by atoms with E-state index < -0.39 is 0 Å². The summed E-state index contributed by atoms with van der Waals surface area (Å²) in [6.07, 6.45) is 0. The second-order valence-electron chi connectivity index (χ2n) is 11.0. The van der Waals surface area contributed by atoms with Crippen LogP contribution in [-0.4, -0.2) is 39.6 Å². The third-order valence-corrected chi connectivity index (χ3v) is 6.71. The summed E-state index contributed by atoms with van der Waals surface area (Å²) in [5, 5.41) is 17.6. The van der Waals surface area contributed by atoms with Crippen LogP contribution < -0.4 is 9.47 Å². The minimum absolute atomic E-state index is 0.111. The van der Waals surface area contributed by atoms with E-state index in [9.17, 15) is 0 Å². The van der Waals surface area contributed by atoms with Gasteiger partial charge in [0.25, 0.3) is 0 Å². The van der Waals surface area contributed by atoms with E-state index in [2.05, 4.69) is 34.3 Å². The number of hydrogen-bond acceptors (Lipinski definition) is 8. The van der Waals surface area contributed by atoms with Crippen molar-refractivity contribution < 1.29 is 18.9 Å². The van der Waals surface area contributed by atoms with Gasteiger partial charge in [0.05, 0.1) is 62.4 Å². The van der Waals surface area contributed by atoms with Gasteiger partial charge >= 0.3 is 0 Å². The van der Waals surface area contributed by atoms with Crippen molar-refractivity contribution in [2.75, 3.05) is 39.6 Å². The normalized spacial score (nSPS) is 17.8. The predicted octanol–water partition coefficient (Wildman–Crippen LogP) is 7.96. The standard InChI is InChI=1S/C30H34N4O4/c1-21-13-25(37-19-29(3)15-35-16-29)9-11-27(21)33-31-23-5-7-24(8-6-23)32-34-28-12-10-26(14-22(28)2)38-20-30(4)17-36-18-30/h5-14H,15-20H2,1-4H3. The zero-order valence-electron chi connectivity index (χ0n) is 22.4. The molecule has 0 N–H and O–H groups in total. The number of rotatable bonds is 10. The number of aryl methyl sites for hydroxylation is 2. The summed E-state index contributed by atoms with van der Waals surface area (Å²) < 4.78 is 22.5. The Kier molecular flexibility index (Phi) is 7.53. The lowest BCUT2D eigenvalue weighted by atomic mass is 9.90. The highest BCUT2D eigenvalue weighted by Gasteiger charge is 2.35. The lowest BCUT2D eigenvalue weighted by Gasteiger charge is -2.37. The summed E-state index contributed by atoms with van der Waals surface area (Å²) in [5.41, 5.74) is 5.32. The molecule has 2 aliphatic rings. The van der Waals surface area contributed by atoms with Crippen LogP contribution in [0.3, 0.4) is 0 Å². The molecule has 8 heteroatoms. The van der Waals surface area contributed by atoms with E-state index in [1.807, 2.05) is 74.5 Å². The number of benzene rings is 3. The Bertz CT molecular complexity index is 1230. The lowest BCUT2D eigenvalue weighted by molar-refractivity contribution is -0.120. The van der Waals surface area contributed by atoms with Crippen LogP contribution in [0.4, 0.5) is 22.7 Å². The van der Waals surface area contributed by atoms with Crippen molar-refractivity contribution in [2.45, 2.75) is 27.7 Å². The maximum Gasteiger partial charge on any atom is 0.119 e. The van der Waals surface area contributed by atoms with Gasteiger partial charge in [-0.25, -0.2) is 0 Å². The fourth-order valence-electron chi connectivity index (χ4n) is 4.05. The number of ether oxygens (including phenoxy) is 4. The molecule has 0 bridgehead atoms. The van der Waals surface area contributed by atoms with Gasteiger partial charge in [0.2, 0.25) is 0 Å². The van der Waals surface area contributed by atoms with Gasteiger partial charge in [-0.2, -0.15) is 20.5 Å². The molecule has 2 aliphatic heterocycles. The first-order chi connectivity index (χ1) is 18.3. The van der Waals surface area contributed by atoms with Gasteiger partial charge in [0.15, 0.2) is 0 Å². The number of hydrogen-bond donors (Lipinski definition) is 0. The maximum atomic E-state index is 5.94. The predicted molar refractivity (Wildman–Crippen MR) is 146 cm³/mol. The maximum absolute atomic E-state index is 5.94. The van der Waals surface area contributed by atoms with Gasteiger partial charge < -0.3 is 18.9 Å². The molecule has 3 aromatic carbocycles. The average Bonchev–Trinajstić information content (AvgIpc) is 2.88. The van der Waals surface area contributed by atoms with Gasteiger partial charge in [0, 0.05) is 10.8 Å². The SMILES string of the molecule is Cc1cc(OCC2(C)COC2)ccc1N=Nc1ccc(N=Nc2ccc(OCC3(C)COC3)cc2C)cc1. The van der Waals surface area contributed by atoms with Crippen LogP contribution in [0.2, 0.25) is 0 Å². The minimum Gasteiger partial charge on any atom is -0.493 e. The molecule has 0 aliphatic carbocycles. The quantitative estimate of drug-likeness (QED) is 0.257. The molecule has 38 heavy (non-hydrogen) atoms. The van der Waals surface area contributed by atoms with Gasteiger partial charge in [0.1, 0.15) is 11.5 Å². The molecule has 0 radical (unpaired) electrons. The second kappa shape index (κ2) is 11.0. The van der Waals surface area contributed by atoms with E-state index in [4.69, 9.17) is 18.9 Å². The van der Waals surface area contributed by atoms with E-state index in [0.29, 0.717) is 13.2 Å². The Balaban J connectivity index is 1.15. The van der Waals surface area contributed by atoms with Crippen LogP contribution in [0, 0.1) is 24.7 Å². The van der Waals surface area contributed by atoms with Crippen molar-refractivity contribution in [3.05, 3.63) is 71.8 Å². The zero-order valence-corrected chi connectivity index (χ0v) is 22.4. The monoisotopic (exact) mass is 514 g/mol. The summed E-state index contributed by atoms with van der Waals surface area (Å²) >= 11 is 0. The highest BCUT2D eigenvalue weighted by molar-refractivity contribution is 5.52. The molecule has 2 saturated heterocycles. The Morgan fingerprint density at radius 3 is 1.32 bits per heavy atom. The molecule has 0 spiro atoms. The lowest BCUT2D eigenvalue weighted by Crippen LogP contribution is -2.44. The van der Waals surface area contributed by atoms with E-state index in [-0.39, 0.29) is 10.8 Å². The Morgan fingerprint density at radius 1 is 0.605 bits per heavy atom. The van der Waals surface area contributed by atoms with Crippen molar-refractivity contribution in [1.29, 1.82) is 0 Å². The van der Waals surface area contributed by atoms with Crippen LogP contribution in [0.1, 0.15) is 25.0 Å². The molecule has 0 amide bonds. The molecule has 2 heterocycles. The molecule has 0 saturated carbocycles. The first-order valence-corrected chi connectivity index (χ1v) is 12.9. The highest BCUT2D eigenvalue weighted by Crippen LogP contribution is 2.32. The smallest absolute Gasteiger partial charge is 0.119 e. The van der Waals surface area contributed by atoms with Crippen molar-refractivity contribution in [2.24, 2.45) is 31.3 Å². The first-order valence-electron chi connectivity index (χ1n) is 12.9. The summed E-state index contributed by atoms with van der Waals surface area (Å²) in [6, 6.07) is 19.2. The van der Waals surface area contributed by atoms with Crippen LogP contribution in [0.5, 0.6) is 11.5 Å². The third-order valence-electron chi connectivity index (χ3n) is 6.71. The van der Waals surface area contributed by atoms with Crippen LogP contribution in [0.25, 0.3) is 0 Å². The fraction of sp³-hybridized carbons (Fsp3) is 0.400. The molecule has 3 aromatic rings. The molecule has 0 unspecified atom stereocenters. The van der Waals surface area contributed by atoms with Gasteiger partial charge in [-0.05, 0) is 85.6 Å². The Morgan fingerprint density at radius 2 is 1.00 bits per heavy atom. The first kappa shape index (κ1) is 26.0. The van der Waals surface area contributed by atoms with Crippen molar-refractivity contribution >= 4 is 22.7 Å². The molecule has 8 nitrogen and oxygen atoms in total. The third kappa shape index (κ3) is 6.44. The fourth-order valence-corrected chi connectivity index (χ4v) is 4.05. The van der Waals surface area contributed by atoms with E-state index in [1.54, 1.807) is 0 Å². The Labute approximate surface area is 223 Å². The van der Waals surface area contributed by atoms with Crippen LogP contribution in [-0.2, 0) is 9.47 Å². The largest absolute Gasteiger partial charge is 0.493 e. The zero-order chi connectivity index (χ0) is 26.6. The van der Waals surface area contributed by atoms with Crippen LogP contribution in [0.15, 0.2) is 81.1 Å². The van der Waals surface area contributed by atoms with Crippen molar-refractivity contribution in [1.82, 2.24) is 0 Å². The summed E-state index contributed by atoms with van der Waals surface area (Å²) in [7, 11) is 0. The van der Waals surface area contributed by atoms with Gasteiger partial charge in [-0.3, -0.25) is 0 Å². The second-order valence-corrected chi connectivity index (χ2v) is 11.0. The topological polar surface area (TPSA) is 86.4 Å². The molecule has 0 atom stereocenters. The number of nitrogens with zero attached hydrogens (tertiary/aromatic N) is 4. The molecule has 198 valence electrons. The molecular formula is C30H34N4O4. The number of azo groups is 2. The van der Waals surface area contributed by atoms with E-state index in [0.717, 1.165) is 71.8 Å². The van der Waals surface area contributed by atoms with E-state index >= 15 is 0 Å². The molecule has 2 fully saturated rings. The minimum atomic E-state index is 0.111. The average molecular weight is 515 g/mol. The molecular weight excluding hydrogens is 480 g/mol. The summed E-state index contributed by atoms with van der Waals surface area (Å²) in [5.74, 6) is 1.67. The highest BCUT2D eigenvalue weighted by atomic mass is 16.5. The summed E-state index contributed by atoms with van der Waals surface area (Å²) in [6.45, 7) is 12.6. The van der Waals surface area contributed by atoms with Crippen LogP contribution >= 0.6 is 0 Å². The molecule has 0 aromatic heterocycles. The van der Waals surface area contributed by atoms with Gasteiger partial charge in [-0.15, -0.1) is 0 Å².